The summed E-state index contributed by atoms with van der Waals surface area (Å²) in [5, 5.41) is 3.13. The number of furan rings is 1. The van der Waals surface area contributed by atoms with E-state index in [2.05, 4.69) is 15.3 Å². The number of fused-ring (bicyclic) bond motifs is 1. The van der Waals surface area contributed by atoms with Gasteiger partial charge in [-0.05, 0) is 43.5 Å². The number of aromatic nitrogens is 3. The number of hydrogen-bond donors (Lipinski definition) is 1. The zero-order valence-electron chi connectivity index (χ0n) is 14.4. The van der Waals surface area contributed by atoms with E-state index in [-0.39, 0.29) is 11.9 Å². The number of nitrogens with one attached hydrogen (secondary N) is 1. The van der Waals surface area contributed by atoms with Crippen molar-refractivity contribution in [1.29, 1.82) is 0 Å². The summed E-state index contributed by atoms with van der Waals surface area (Å²) in [4.78, 5) is 25.6. The molecule has 1 N–H and O–H groups in total. The first-order valence-corrected chi connectivity index (χ1v) is 8.87. The molecule has 1 atom stereocenters. The number of amides is 1. The lowest BCUT2D eigenvalue weighted by Crippen LogP contribution is -2.31. The van der Waals surface area contributed by atoms with E-state index >= 15 is 0 Å². The van der Waals surface area contributed by atoms with Crippen LogP contribution in [0.25, 0.3) is 11.4 Å². The summed E-state index contributed by atoms with van der Waals surface area (Å²) in [6.45, 7) is 0. The topological polar surface area (TPSA) is 80.9 Å². The van der Waals surface area contributed by atoms with Crippen molar-refractivity contribution in [2.45, 2.75) is 38.1 Å². The SMILES string of the molecule is O=C(CCc1ccco1)N[C@@H]1CCCc2nc(-c3ccncc3)ncc21. The van der Waals surface area contributed by atoms with Gasteiger partial charge < -0.3 is 9.73 Å². The maximum atomic E-state index is 12.3. The first-order chi connectivity index (χ1) is 12.8. The van der Waals surface area contributed by atoms with Gasteiger partial charge in [0.25, 0.3) is 0 Å². The number of carbonyl (C=O) groups is 1. The molecule has 0 unspecified atom stereocenters. The second-order valence-corrected chi connectivity index (χ2v) is 6.42. The van der Waals surface area contributed by atoms with Crippen LogP contribution in [0.1, 0.15) is 42.3 Å². The number of hydrogen-bond acceptors (Lipinski definition) is 5. The first kappa shape index (κ1) is 16.4. The molecule has 0 spiro atoms. The number of carbonyl (C=O) groups excluding carboxylic acids is 1. The predicted molar refractivity (Wildman–Crippen MR) is 96.1 cm³/mol. The second kappa shape index (κ2) is 7.47. The zero-order valence-corrected chi connectivity index (χ0v) is 14.4. The Labute approximate surface area is 151 Å². The van der Waals surface area contributed by atoms with Gasteiger partial charge in [0.05, 0.1) is 12.3 Å². The van der Waals surface area contributed by atoms with E-state index in [4.69, 9.17) is 9.40 Å². The summed E-state index contributed by atoms with van der Waals surface area (Å²) in [5.41, 5.74) is 3.00. The Morgan fingerprint density at radius 3 is 2.96 bits per heavy atom. The third-order valence-corrected chi connectivity index (χ3v) is 4.63. The number of pyridine rings is 1. The van der Waals surface area contributed by atoms with Crippen molar-refractivity contribution in [3.8, 4) is 11.4 Å². The molecule has 3 aromatic rings. The highest BCUT2D eigenvalue weighted by Gasteiger charge is 2.24. The van der Waals surface area contributed by atoms with Crippen molar-refractivity contribution >= 4 is 5.91 Å². The Hall–Kier alpha value is -3.02. The summed E-state index contributed by atoms with van der Waals surface area (Å²) in [6.07, 6.45) is 10.8. The Balaban J connectivity index is 1.46. The quantitative estimate of drug-likeness (QED) is 0.765. The van der Waals surface area contributed by atoms with Crippen LogP contribution in [-0.2, 0) is 17.6 Å². The van der Waals surface area contributed by atoms with Gasteiger partial charge in [-0.3, -0.25) is 9.78 Å². The fourth-order valence-electron chi connectivity index (χ4n) is 3.29. The minimum atomic E-state index is -0.0191. The van der Waals surface area contributed by atoms with Crippen LogP contribution in [0.4, 0.5) is 0 Å². The van der Waals surface area contributed by atoms with E-state index in [0.29, 0.717) is 18.7 Å². The summed E-state index contributed by atoms with van der Waals surface area (Å²) >= 11 is 0. The molecule has 0 radical (unpaired) electrons. The molecule has 3 aromatic heterocycles. The van der Waals surface area contributed by atoms with Crippen LogP contribution in [0.2, 0.25) is 0 Å². The molecule has 0 bridgehead atoms. The van der Waals surface area contributed by atoms with E-state index in [0.717, 1.165) is 41.8 Å². The van der Waals surface area contributed by atoms with Crippen molar-refractivity contribution in [3.63, 3.8) is 0 Å². The fourth-order valence-corrected chi connectivity index (χ4v) is 3.29. The van der Waals surface area contributed by atoms with E-state index in [1.54, 1.807) is 18.7 Å². The van der Waals surface area contributed by atoms with Crippen molar-refractivity contribution in [2.75, 3.05) is 0 Å². The van der Waals surface area contributed by atoms with E-state index in [1.807, 2.05) is 30.5 Å². The zero-order chi connectivity index (χ0) is 17.8. The summed E-state index contributed by atoms with van der Waals surface area (Å²) < 4.78 is 5.28. The Morgan fingerprint density at radius 1 is 1.27 bits per heavy atom. The van der Waals surface area contributed by atoms with Gasteiger partial charge in [-0.25, -0.2) is 9.97 Å². The number of rotatable bonds is 5. The van der Waals surface area contributed by atoms with Gasteiger partial charge in [-0.2, -0.15) is 0 Å². The summed E-state index contributed by atoms with van der Waals surface area (Å²) in [7, 11) is 0. The molecule has 4 rings (SSSR count). The van der Waals surface area contributed by atoms with Gasteiger partial charge in [0.2, 0.25) is 5.91 Å². The van der Waals surface area contributed by atoms with Crippen LogP contribution in [0.15, 0.2) is 53.5 Å². The Kier molecular flexibility index (Phi) is 4.73. The highest BCUT2D eigenvalue weighted by atomic mass is 16.3. The monoisotopic (exact) mass is 348 g/mol. The van der Waals surface area contributed by atoms with Gasteiger partial charge in [-0.15, -0.1) is 0 Å². The lowest BCUT2D eigenvalue weighted by atomic mass is 9.92. The van der Waals surface area contributed by atoms with E-state index < -0.39 is 0 Å². The van der Waals surface area contributed by atoms with Gasteiger partial charge in [-0.1, -0.05) is 0 Å². The molecular formula is C20H20N4O2. The molecule has 6 heteroatoms. The molecule has 3 heterocycles. The highest BCUT2D eigenvalue weighted by molar-refractivity contribution is 5.76. The van der Waals surface area contributed by atoms with Gasteiger partial charge in [0.1, 0.15) is 5.76 Å². The number of aryl methyl sites for hydroxylation is 2. The normalized spacial score (nSPS) is 16.1. The predicted octanol–water partition coefficient (Wildman–Crippen LogP) is 3.26. The third kappa shape index (κ3) is 3.64. The van der Waals surface area contributed by atoms with Crippen LogP contribution < -0.4 is 5.32 Å². The standard InChI is InChI=1S/C20H20N4O2/c25-19(7-6-15-3-2-12-26-15)23-17-4-1-5-18-16(17)13-22-20(24-18)14-8-10-21-11-9-14/h2-3,8-13,17H,1,4-7H2,(H,23,25)/t17-/m1/s1. The smallest absolute Gasteiger partial charge is 0.220 e. The van der Waals surface area contributed by atoms with Crippen molar-refractivity contribution in [3.05, 3.63) is 66.1 Å². The molecule has 1 aliphatic carbocycles. The van der Waals surface area contributed by atoms with Crippen molar-refractivity contribution < 1.29 is 9.21 Å². The molecular weight excluding hydrogens is 328 g/mol. The van der Waals surface area contributed by atoms with Crippen LogP contribution in [0, 0.1) is 0 Å². The Bertz CT molecular complexity index is 878. The maximum Gasteiger partial charge on any atom is 0.220 e. The van der Waals surface area contributed by atoms with E-state index in [9.17, 15) is 4.79 Å². The number of nitrogens with zero attached hydrogens (tertiary/aromatic N) is 3. The molecule has 0 saturated carbocycles. The van der Waals surface area contributed by atoms with Crippen LogP contribution >= 0.6 is 0 Å². The fraction of sp³-hybridized carbons (Fsp3) is 0.300. The average Bonchev–Trinajstić information content (AvgIpc) is 3.21. The molecule has 0 fully saturated rings. The van der Waals surface area contributed by atoms with E-state index in [1.165, 1.54) is 0 Å². The average molecular weight is 348 g/mol. The van der Waals surface area contributed by atoms with Gasteiger partial charge >= 0.3 is 0 Å². The molecule has 0 aliphatic heterocycles. The molecule has 1 aliphatic rings. The third-order valence-electron chi connectivity index (χ3n) is 4.63. The lowest BCUT2D eigenvalue weighted by molar-refractivity contribution is -0.122. The van der Waals surface area contributed by atoms with Crippen LogP contribution in [0.5, 0.6) is 0 Å². The lowest BCUT2D eigenvalue weighted by Gasteiger charge is -2.25. The first-order valence-electron chi connectivity index (χ1n) is 8.87. The molecule has 132 valence electrons. The summed E-state index contributed by atoms with van der Waals surface area (Å²) in [6, 6.07) is 7.51. The largest absolute Gasteiger partial charge is 0.469 e. The van der Waals surface area contributed by atoms with Gasteiger partial charge in [0.15, 0.2) is 5.82 Å². The highest BCUT2D eigenvalue weighted by Crippen LogP contribution is 2.29. The molecule has 0 aromatic carbocycles. The minimum absolute atomic E-state index is 0.0191. The van der Waals surface area contributed by atoms with Crippen molar-refractivity contribution in [1.82, 2.24) is 20.3 Å². The molecule has 6 nitrogen and oxygen atoms in total. The Morgan fingerprint density at radius 2 is 2.15 bits per heavy atom. The second-order valence-electron chi connectivity index (χ2n) is 6.42. The summed E-state index contributed by atoms with van der Waals surface area (Å²) in [5.74, 6) is 1.56. The van der Waals surface area contributed by atoms with Crippen LogP contribution in [0.3, 0.4) is 0 Å². The van der Waals surface area contributed by atoms with Crippen LogP contribution in [-0.4, -0.2) is 20.9 Å². The molecule has 0 saturated heterocycles. The molecule has 26 heavy (non-hydrogen) atoms. The molecule has 1 amide bonds. The minimum Gasteiger partial charge on any atom is -0.469 e. The van der Waals surface area contributed by atoms with Gasteiger partial charge in [0, 0.05) is 48.3 Å². The maximum absolute atomic E-state index is 12.3. The van der Waals surface area contributed by atoms with Crippen molar-refractivity contribution in [2.24, 2.45) is 0 Å².